The van der Waals surface area contributed by atoms with E-state index < -0.39 is 0 Å². The largest absolute Gasteiger partial charge is 0.346 e. The van der Waals surface area contributed by atoms with E-state index in [0.29, 0.717) is 6.04 Å². The van der Waals surface area contributed by atoms with E-state index in [-0.39, 0.29) is 5.43 Å². The summed E-state index contributed by atoms with van der Waals surface area (Å²) in [5, 5.41) is 3.19. The minimum atomic E-state index is -0.0104. The Bertz CT molecular complexity index is 761. The summed E-state index contributed by atoms with van der Waals surface area (Å²) in [7, 11) is 0. The van der Waals surface area contributed by atoms with Crippen LogP contribution in [0.15, 0.2) is 40.9 Å². The number of aromatic nitrogens is 2. The third-order valence-electron chi connectivity index (χ3n) is 4.70. The van der Waals surface area contributed by atoms with Crippen molar-refractivity contribution in [3.63, 3.8) is 0 Å². The van der Waals surface area contributed by atoms with Crippen molar-refractivity contribution < 1.29 is 0 Å². The zero-order valence-corrected chi connectivity index (χ0v) is 14.1. The molecule has 0 atom stereocenters. The molecule has 2 aromatic heterocycles. The van der Waals surface area contributed by atoms with E-state index in [4.69, 9.17) is 4.99 Å². The van der Waals surface area contributed by atoms with Crippen LogP contribution in [0, 0.1) is 0 Å². The van der Waals surface area contributed by atoms with E-state index >= 15 is 0 Å². The molecule has 5 heteroatoms. The average Bonchev–Trinajstić information content (AvgIpc) is 3.03. The minimum absolute atomic E-state index is 0.0104. The molecule has 1 fully saturated rings. The summed E-state index contributed by atoms with van der Waals surface area (Å²) in [6.07, 6.45) is 15.7. The lowest BCUT2D eigenvalue weighted by molar-refractivity contribution is 0.536. The predicted octanol–water partition coefficient (Wildman–Crippen LogP) is 3.72. The Hall–Kier alpha value is -2.30. The number of fused-ring (bicyclic) bond motifs is 1. The second-order valence-electron chi connectivity index (χ2n) is 6.55. The summed E-state index contributed by atoms with van der Waals surface area (Å²) in [6.45, 7) is 4.08. The van der Waals surface area contributed by atoms with Gasteiger partial charge in [0.05, 0.1) is 23.8 Å². The van der Waals surface area contributed by atoms with Crippen LogP contribution in [0.25, 0.3) is 11.3 Å². The maximum atomic E-state index is 11.4. The molecule has 0 radical (unpaired) electrons. The lowest BCUT2D eigenvalue weighted by Crippen LogP contribution is -2.14. The smallest absolute Gasteiger partial charge is 0.183 e. The van der Waals surface area contributed by atoms with Gasteiger partial charge in [0.2, 0.25) is 0 Å². The Labute approximate surface area is 142 Å². The van der Waals surface area contributed by atoms with Crippen LogP contribution >= 0.6 is 0 Å². The lowest BCUT2D eigenvalue weighted by atomic mass is 10.1. The van der Waals surface area contributed by atoms with Crippen molar-refractivity contribution in [2.75, 3.05) is 0 Å². The Kier molecular flexibility index (Phi) is 5.51. The number of hydrogen-bond acceptors (Lipinski definition) is 2. The summed E-state index contributed by atoms with van der Waals surface area (Å²) < 4.78 is 1.91. The third kappa shape index (κ3) is 4.16. The molecule has 24 heavy (non-hydrogen) atoms. The number of H-pyrrole nitrogens is 1. The Balaban J connectivity index is 1.62. The van der Waals surface area contributed by atoms with E-state index in [2.05, 4.69) is 16.9 Å². The number of pyridine rings is 1. The quantitative estimate of drug-likeness (QED) is 0.664. The van der Waals surface area contributed by atoms with Gasteiger partial charge in [-0.3, -0.25) is 14.2 Å². The monoisotopic (exact) mass is 326 g/mol. The van der Waals surface area contributed by atoms with Gasteiger partial charge in [0, 0.05) is 24.5 Å². The van der Waals surface area contributed by atoms with Gasteiger partial charge in [-0.15, -0.1) is 0 Å². The number of aromatic amines is 1. The molecule has 1 aliphatic rings. The highest BCUT2D eigenvalue weighted by Crippen LogP contribution is 2.19. The lowest BCUT2D eigenvalue weighted by Gasteiger charge is -2.11. The second-order valence-corrected chi connectivity index (χ2v) is 6.55. The van der Waals surface area contributed by atoms with Gasteiger partial charge in [-0.05, 0) is 12.8 Å². The van der Waals surface area contributed by atoms with Crippen LogP contribution in [0.4, 0.5) is 0 Å². The van der Waals surface area contributed by atoms with Crippen LogP contribution in [0.2, 0.25) is 0 Å². The Morgan fingerprint density at radius 3 is 2.71 bits per heavy atom. The van der Waals surface area contributed by atoms with Crippen LogP contribution in [0.3, 0.4) is 0 Å². The standard InChI is InChI=1S/C19H26N4O/c1-15(18-13-20-19-12-17(24)10-11-23(18)19)21-14-22-16-8-6-4-2-3-5-7-9-16/h10-14,16,20H,1-9H2,(H,21,22). The first-order chi connectivity index (χ1) is 11.7. The Morgan fingerprint density at radius 2 is 1.96 bits per heavy atom. The maximum Gasteiger partial charge on any atom is 0.183 e. The Morgan fingerprint density at radius 1 is 1.25 bits per heavy atom. The van der Waals surface area contributed by atoms with E-state index in [1.807, 2.05) is 10.6 Å². The number of nitrogens with zero attached hydrogens (tertiary/aromatic N) is 2. The van der Waals surface area contributed by atoms with Gasteiger partial charge in [0.25, 0.3) is 0 Å². The highest BCUT2D eigenvalue weighted by atomic mass is 16.1. The zero-order chi connectivity index (χ0) is 16.8. The highest BCUT2D eigenvalue weighted by Gasteiger charge is 2.09. The fourth-order valence-corrected chi connectivity index (χ4v) is 3.30. The molecule has 0 aliphatic heterocycles. The number of nitrogens with one attached hydrogen (secondary N) is 2. The first-order valence-electron chi connectivity index (χ1n) is 8.91. The van der Waals surface area contributed by atoms with Crippen molar-refractivity contribution in [2.24, 2.45) is 4.99 Å². The van der Waals surface area contributed by atoms with E-state index in [9.17, 15) is 4.79 Å². The normalized spacial score (nSPS) is 17.5. The van der Waals surface area contributed by atoms with Crippen LogP contribution in [0.5, 0.6) is 0 Å². The van der Waals surface area contributed by atoms with Crippen molar-refractivity contribution >= 4 is 17.7 Å². The molecule has 3 rings (SSSR count). The van der Waals surface area contributed by atoms with E-state index in [0.717, 1.165) is 17.0 Å². The summed E-state index contributed by atoms with van der Waals surface area (Å²) in [6, 6.07) is 3.54. The van der Waals surface area contributed by atoms with Crippen LogP contribution < -0.4 is 10.7 Å². The number of hydrogen-bond donors (Lipinski definition) is 2. The summed E-state index contributed by atoms with van der Waals surface area (Å²) in [5.74, 6) is 0. The maximum absolute atomic E-state index is 11.4. The fraction of sp³-hybridized carbons (Fsp3) is 0.474. The molecular weight excluding hydrogens is 300 g/mol. The van der Waals surface area contributed by atoms with Crippen molar-refractivity contribution in [1.29, 1.82) is 0 Å². The SMILES string of the molecule is C=C(NC=NC1CCCCCCCC1)c1c[nH]c2cc(=O)ccn12. The van der Waals surface area contributed by atoms with Crippen LogP contribution in [-0.2, 0) is 0 Å². The number of imidazole rings is 1. The van der Waals surface area contributed by atoms with Crippen molar-refractivity contribution in [3.05, 3.63) is 47.0 Å². The van der Waals surface area contributed by atoms with Gasteiger partial charge >= 0.3 is 0 Å². The molecule has 1 aliphatic carbocycles. The molecule has 2 aromatic rings. The van der Waals surface area contributed by atoms with Crippen molar-refractivity contribution in [3.8, 4) is 0 Å². The summed E-state index contributed by atoms with van der Waals surface area (Å²) in [5.41, 5.74) is 2.40. The van der Waals surface area contributed by atoms with Gasteiger partial charge < -0.3 is 10.3 Å². The van der Waals surface area contributed by atoms with Gasteiger partial charge in [0.15, 0.2) is 5.43 Å². The molecule has 0 saturated heterocycles. The molecule has 2 heterocycles. The molecule has 0 spiro atoms. The minimum Gasteiger partial charge on any atom is -0.346 e. The summed E-state index contributed by atoms with van der Waals surface area (Å²) in [4.78, 5) is 19.2. The van der Waals surface area contributed by atoms with Gasteiger partial charge in [0.1, 0.15) is 5.65 Å². The topological polar surface area (TPSA) is 61.7 Å². The number of aliphatic imine (C=N–C) groups is 1. The fourth-order valence-electron chi connectivity index (χ4n) is 3.30. The van der Waals surface area contributed by atoms with Gasteiger partial charge in [-0.1, -0.05) is 45.1 Å². The van der Waals surface area contributed by atoms with Gasteiger partial charge in [-0.2, -0.15) is 0 Å². The first-order valence-corrected chi connectivity index (χ1v) is 8.91. The highest BCUT2D eigenvalue weighted by molar-refractivity contribution is 5.74. The molecule has 1 saturated carbocycles. The van der Waals surface area contributed by atoms with Crippen molar-refractivity contribution in [1.82, 2.24) is 14.7 Å². The molecule has 0 bridgehead atoms. The third-order valence-corrected chi connectivity index (χ3v) is 4.70. The predicted molar refractivity (Wildman–Crippen MR) is 99.4 cm³/mol. The van der Waals surface area contributed by atoms with Crippen molar-refractivity contribution in [2.45, 2.75) is 57.4 Å². The number of rotatable bonds is 4. The first kappa shape index (κ1) is 16.6. The average molecular weight is 326 g/mol. The zero-order valence-electron chi connectivity index (χ0n) is 14.1. The molecular formula is C19H26N4O. The molecule has 5 nitrogen and oxygen atoms in total. The van der Waals surface area contributed by atoms with Gasteiger partial charge in [-0.25, -0.2) is 0 Å². The molecule has 0 aromatic carbocycles. The summed E-state index contributed by atoms with van der Waals surface area (Å²) >= 11 is 0. The molecule has 128 valence electrons. The van der Waals surface area contributed by atoms with E-state index in [1.165, 1.54) is 51.4 Å². The molecule has 0 unspecified atom stereocenters. The molecule has 0 amide bonds. The molecule has 2 N–H and O–H groups in total. The van der Waals surface area contributed by atoms with Crippen LogP contribution in [0.1, 0.15) is 57.1 Å². The second kappa shape index (κ2) is 7.99. The van der Waals surface area contributed by atoms with Crippen LogP contribution in [-0.4, -0.2) is 21.8 Å². The van der Waals surface area contributed by atoms with E-state index in [1.54, 1.807) is 24.7 Å².